The predicted octanol–water partition coefficient (Wildman–Crippen LogP) is 3.82. The first-order chi connectivity index (χ1) is 19.1. The fraction of sp³-hybridized carbons (Fsp3) is 0.517. The zero-order chi connectivity index (χ0) is 29.7. The minimum atomic E-state index is -4.02. The fourth-order valence-corrected chi connectivity index (χ4v) is 5.57. The minimum absolute atomic E-state index is 0.0348. The Bertz CT molecular complexity index is 1200. The van der Waals surface area contributed by atoms with Gasteiger partial charge in [-0.15, -0.1) is 11.6 Å². The van der Waals surface area contributed by atoms with Gasteiger partial charge in [0.15, 0.2) is 0 Å². The number of hydrogen-bond donors (Lipinski definition) is 3. The highest BCUT2D eigenvalue weighted by Gasteiger charge is 2.33. The van der Waals surface area contributed by atoms with Crippen LogP contribution in [0.5, 0.6) is 5.75 Å². The molecule has 0 saturated carbocycles. The van der Waals surface area contributed by atoms with Gasteiger partial charge in [-0.3, -0.25) is 15.0 Å². The van der Waals surface area contributed by atoms with Crippen LogP contribution in [0.4, 0.5) is 0 Å². The van der Waals surface area contributed by atoms with E-state index >= 15 is 0 Å². The lowest BCUT2D eigenvalue weighted by molar-refractivity contribution is -0.147. The van der Waals surface area contributed by atoms with Crippen LogP contribution in [0.1, 0.15) is 57.6 Å². The van der Waals surface area contributed by atoms with Crippen molar-refractivity contribution in [2.75, 3.05) is 19.5 Å². The van der Waals surface area contributed by atoms with E-state index < -0.39 is 34.0 Å². The normalized spacial score (nSPS) is 13.8. The standard InChI is InChI=1S/C29H42ClN3O6S/c1-5-7-13-23-18-24(39-4)14-15-27(23)40(37,38)31-20-26(34)25(17-22-11-9-8-10-12-22)33(32-28(35)19-30)29(36)16-21(3)6-2/h8-12,14-15,18,21,25-26,31,34H,5-7,13,16-17,19-20H2,1-4H3,(H,32,35)/t21-,25-,26+/m0/s1. The van der Waals surface area contributed by atoms with Gasteiger partial charge < -0.3 is 9.84 Å². The Morgan fingerprint density at radius 3 is 2.42 bits per heavy atom. The van der Waals surface area contributed by atoms with Crippen molar-refractivity contribution in [1.29, 1.82) is 0 Å². The molecule has 2 aromatic carbocycles. The molecule has 2 rings (SSSR count). The third-order valence-corrected chi connectivity index (χ3v) is 8.52. The maximum atomic E-state index is 13.4. The number of aliphatic hydroxyl groups excluding tert-OH is 1. The number of hydrogen-bond acceptors (Lipinski definition) is 6. The number of aryl methyl sites for hydroxylation is 1. The highest BCUT2D eigenvalue weighted by Crippen LogP contribution is 2.24. The second kappa shape index (κ2) is 16.6. The smallest absolute Gasteiger partial charge is 0.253 e. The third-order valence-electron chi connectivity index (χ3n) is 6.76. The van der Waals surface area contributed by atoms with Crippen LogP contribution in [0, 0.1) is 5.92 Å². The van der Waals surface area contributed by atoms with Gasteiger partial charge in [0.2, 0.25) is 15.9 Å². The van der Waals surface area contributed by atoms with E-state index in [0.29, 0.717) is 17.7 Å². The zero-order valence-corrected chi connectivity index (χ0v) is 25.3. The molecule has 9 nitrogen and oxygen atoms in total. The van der Waals surface area contributed by atoms with E-state index in [4.69, 9.17) is 16.3 Å². The molecule has 0 radical (unpaired) electrons. The van der Waals surface area contributed by atoms with Crippen molar-refractivity contribution in [1.82, 2.24) is 15.2 Å². The molecule has 40 heavy (non-hydrogen) atoms. The van der Waals surface area contributed by atoms with Gasteiger partial charge in [-0.05, 0) is 54.5 Å². The lowest BCUT2D eigenvalue weighted by Crippen LogP contribution is -2.59. The topological polar surface area (TPSA) is 125 Å². The molecule has 0 aliphatic heterocycles. The number of carbonyl (C=O) groups is 2. The van der Waals surface area contributed by atoms with E-state index in [1.807, 2.05) is 51.1 Å². The third kappa shape index (κ3) is 10.1. The van der Waals surface area contributed by atoms with Crippen LogP contribution in [-0.2, 0) is 32.5 Å². The lowest BCUT2D eigenvalue weighted by atomic mass is 9.99. The van der Waals surface area contributed by atoms with Crippen LogP contribution in [0.15, 0.2) is 53.4 Å². The molecule has 0 fully saturated rings. The van der Waals surface area contributed by atoms with Crippen molar-refractivity contribution < 1.29 is 27.9 Å². The summed E-state index contributed by atoms with van der Waals surface area (Å²) in [5.74, 6) is -0.797. The molecule has 2 aromatic rings. The van der Waals surface area contributed by atoms with Crippen molar-refractivity contribution in [3.8, 4) is 5.75 Å². The molecular formula is C29H42ClN3O6S. The molecule has 3 N–H and O–H groups in total. The van der Waals surface area contributed by atoms with Crippen LogP contribution in [0.25, 0.3) is 0 Å². The Balaban J connectivity index is 2.38. The largest absolute Gasteiger partial charge is 0.497 e. The summed E-state index contributed by atoms with van der Waals surface area (Å²) in [6, 6.07) is 13.0. The minimum Gasteiger partial charge on any atom is -0.497 e. The van der Waals surface area contributed by atoms with Crippen LogP contribution in [-0.4, -0.2) is 62.0 Å². The van der Waals surface area contributed by atoms with Crippen LogP contribution >= 0.6 is 11.6 Å². The number of sulfonamides is 1. The van der Waals surface area contributed by atoms with Gasteiger partial charge in [-0.2, -0.15) is 0 Å². The van der Waals surface area contributed by atoms with Crippen molar-refractivity contribution in [3.05, 3.63) is 59.7 Å². The van der Waals surface area contributed by atoms with Gasteiger partial charge in [0.05, 0.1) is 24.2 Å². The number of unbranched alkanes of at least 4 members (excludes halogenated alkanes) is 1. The first-order valence-corrected chi connectivity index (χ1v) is 15.6. The molecule has 0 spiro atoms. The molecule has 0 aliphatic rings. The summed E-state index contributed by atoms with van der Waals surface area (Å²) in [7, 11) is -2.50. The number of amides is 2. The van der Waals surface area contributed by atoms with Gasteiger partial charge in [0.25, 0.3) is 5.91 Å². The van der Waals surface area contributed by atoms with Gasteiger partial charge in [-0.25, -0.2) is 18.1 Å². The molecule has 0 saturated heterocycles. The Hall–Kier alpha value is -2.66. The number of hydrazine groups is 1. The monoisotopic (exact) mass is 595 g/mol. The number of alkyl halides is 1. The van der Waals surface area contributed by atoms with E-state index in [9.17, 15) is 23.1 Å². The average Bonchev–Trinajstić information content (AvgIpc) is 2.96. The van der Waals surface area contributed by atoms with E-state index in [0.717, 1.165) is 29.8 Å². The summed E-state index contributed by atoms with van der Waals surface area (Å²) in [6.45, 7) is 5.51. The Labute approximate surface area is 243 Å². The SMILES string of the molecule is CCCCc1cc(OC)ccc1S(=O)(=O)NC[C@@H](O)[C@H](Cc1ccccc1)N(NC(=O)CCl)C(=O)C[C@@H](C)CC. The van der Waals surface area contributed by atoms with Crippen LogP contribution < -0.4 is 14.9 Å². The second-order valence-electron chi connectivity index (χ2n) is 9.90. The highest BCUT2D eigenvalue weighted by atomic mass is 35.5. The Morgan fingerprint density at radius 2 is 1.82 bits per heavy atom. The number of nitrogens with zero attached hydrogens (tertiary/aromatic N) is 1. The summed E-state index contributed by atoms with van der Waals surface area (Å²) in [5.41, 5.74) is 3.95. The van der Waals surface area contributed by atoms with Crippen molar-refractivity contribution in [2.45, 2.75) is 76.3 Å². The second-order valence-corrected chi connectivity index (χ2v) is 11.9. The van der Waals surface area contributed by atoms with E-state index in [1.54, 1.807) is 12.1 Å². The first-order valence-electron chi connectivity index (χ1n) is 13.6. The number of nitrogens with one attached hydrogen (secondary N) is 2. The quantitative estimate of drug-likeness (QED) is 0.200. The van der Waals surface area contributed by atoms with Crippen molar-refractivity contribution in [3.63, 3.8) is 0 Å². The molecule has 0 unspecified atom stereocenters. The summed E-state index contributed by atoms with van der Waals surface area (Å²) in [6.07, 6.45) is 1.92. The molecule has 2 amide bonds. The molecular weight excluding hydrogens is 554 g/mol. The van der Waals surface area contributed by atoms with Crippen LogP contribution in [0.3, 0.4) is 0 Å². The molecule has 222 valence electrons. The molecule has 0 heterocycles. The van der Waals surface area contributed by atoms with Crippen molar-refractivity contribution >= 4 is 33.4 Å². The summed E-state index contributed by atoms with van der Waals surface area (Å²) in [5, 5.41) is 12.5. The lowest BCUT2D eigenvalue weighted by Gasteiger charge is -2.35. The van der Waals surface area contributed by atoms with Gasteiger partial charge >= 0.3 is 0 Å². The summed E-state index contributed by atoms with van der Waals surface area (Å²) >= 11 is 5.73. The molecule has 11 heteroatoms. The van der Waals surface area contributed by atoms with Gasteiger partial charge in [0.1, 0.15) is 11.6 Å². The van der Waals surface area contributed by atoms with Gasteiger partial charge in [0, 0.05) is 13.0 Å². The number of halogens is 1. The number of aliphatic hydroxyl groups is 1. The predicted molar refractivity (Wildman–Crippen MR) is 157 cm³/mol. The molecule has 0 aliphatic carbocycles. The Kier molecular flexibility index (Phi) is 13.9. The van der Waals surface area contributed by atoms with Crippen LogP contribution in [0.2, 0.25) is 0 Å². The van der Waals surface area contributed by atoms with Crippen molar-refractivity contribution in [2.24, 2.45) is 5.92 Å². The number of ether oxygens (including phenoxy) is 1. The van der Waals surface area contributed by atoms with Gasteiger partial charge in [-0.1, -0.05) is 63.9 Å². The highest BCUT2D eigenvalue weighted by molar-refractivity contribution is 7.89. The summed E-state index contributed by atoms with van der Waals surface area (Å²) in [4.78, 5) is 25.7. The maximum absolute atomic E-state index is 13.4. The first kappa shape index (κ1) is 33.5. The number of rotatable bonds is 16. The average molecular weight is 596 g/mol. The Morgan fingerprint density at radius 1 is 1.12 bits per heavy atom. The zero-order valence-electron chi connectivity index (χ0n) is 23.7. The van der Waals surface area contributed by atoms with E-state index in [-0.39, 0.29) is 36.1 Å². The number of carbonyl (C=O) groups excluding carboxylic acids is 2. The number of benzene rings is 2. The maximum Gasteiger partial charge on any atom is 0.253 e. The van der Waals surface area contributed by atoms with E-state index in [1.165, 1.54) is 13.2 Å². The summed E-state index contributed by atoms with van der Waals surface area (Å²) < 4.78 is 34.6. The fourth-order valence-electron chi connectivity index (χ4n) is 4.21. The molecule has 0 aromatic heterocycles. The molecule has 0 bridgehead atoms. The molecule has 3 atom stereocenters. The number of methoxy groups -OCH3 is 1. The van der Waals surface area contributed by atoms with E-state index in [2.05, 4.69) is 10.1 Å².